The summed E-state index contributed by atoms with van der Waals surface area (Å²) in [5, 5.41) is 8.50. The number of nitrogens with zero attached hydrogens (tertiary/aromatic N) is 4. The van der Waals surface area contributed by atoms with Gasteiger partial charge in [0.2, 0.25) is 0 Å². The summed E-state index contributed by atoms with van der Waals surface area (Å²) in [6.07, 6.45) is 7.84. The fourth-order valence-corrected chi connectivity index (χ4v) is 2.42. The lowest BCUT2D eigenvalue weighted by atomic mass is 10.1. The lowest BCUT2D eigenvalue weighted by Gasteiger charge is -2.18. The maximum absolute atomic E-state index is 5.98. The molecule has 0 radical (unpaired) electrons. The Morgan fingerprint density at radius 3 is 2.68 bits per heavy atom. The van der Waals surface area contributed by atoms with Gasteiger partial charge in [0.1, 0.15) is 5.65 Å². The molecular formula is C16H20ClN5. The first kappa shape index (κ1) is 15.1. The summed E-state index contributed by atoms with van der Waals surface area (Å²) >= 11 is 5.98. The van der Waals surface area contributed by atoms with Crippen molar-refractivity contribution in [3.05, 3.63) is 53.2 Å². The fourth-order valence-electron chi connectivity index (χ4n) is 2.26. The monoisotopic (exact) mass is 317 g/mol. The van der Waals surface area contributed by atoms with E-state index in [2.05, 4.69) is 42.4 Å². The molecular weight excluding hydrogens is 298 g/mol. The van der Waals surface area contributed by atoms with Crippen LogP contribution in [0, 0.1) is 0 Å². The number of hydrogen-bond acceptors (Lipinski definition) is 3. The number of fused-ring (bicyclic) bond motifs is 1. The Bertz CT molecular complexity index is 781. The first-order chi connectivity index (χ1) is 10.4. The second kappa shape index (κ2) is 5.74. The number of pyridine rings is 1. The van der Waals surface area contributed by atoms with Crippen molar-refractivity contribution in [2.45, 2.75) is 39.4 Å². The van der Waals surface area contributed by atoms with Gasteiger partial charge in [-0.05, 0) is 32.9 Å². The highest BCUT2D eigenvalue weighted by Crippen LogP contribution is 2.14. The molecule has 0 unspecified atom stereocenters. The van der Waals surface area contributed by atoms with E-state index in [4.69, 9.17) is 11.6 Å². The normalized spacial score (nSPS) is 12.2. The van der Waals surface area contributed by atoms with Crippen molar-refractivity contribution < 1.29 is 0 Å². The van der Waals surface area contributed by atoms with E-state index >= 15 is 0 Å². The average Bonchev–Trinajstić information content (AvgIpc) is 3.04. The number of rotatable bonds is 4. The highest BCUT2D eigenvalue weighted by atomic mass is 35.5. The van der Waals surface area contributed by atoms with Crippen molar-refractivity contribution in [1.29, 1.82) is 0 Å². The van der Waals surface area contributed by atoms with Gasteiger partial charge >= 0.3 is 0 Å². The number of hydrogen-bond donors (Lipinski definition) is 1. The Hall–Kier alpha value is -1.85. The van der Waals surface area contributed by atoms with E-state index < -0.39 is 0 Å². The number of aromatic nitrogens is 4. The Balaban J connectivity index is 1.61. The van der Waals surface area contributed by atoms with Gasteiger partial charge < -0.3 is 9.72 Å². The minimum absolute atomic E-state index is 0.0130. The third-order valence-electron chi connectivity index (χ3n) is 3.42. The summed E-state index contributed by atoms with van der Waals surface area (Å²) in [4.78, 5) is 4.55. The summed E-state index contributed by atoms with van der Waals surface area (Å²) in [6.45, 7) is 7.89. The van der Waals surface area contributed by atoms with E-state index in [1.54, 1.807) is 0 Å². The summed E-state index contributed by atoms with van der Waals surface area (Å²) in [7, 11) is 0. The van der Waals surface area contributed by atoms with Gasteiger partial charge in [-0.2, -0.15) is 5.10 Å². The number of imidazole rings is 1. The van der Waals surface area contributed by atoms with Gasteiger partial charge in [0.25, 0.3) is 0 Å². The van der Waals surface area contributed by atoms with Crippen molar-refractivity contribution in [2.24, 2.45) is 0 Å². The van der Waals surface area contributed by atoms with Gasteiger partial charge in [-0.15, -0.1) is 0 Å². The molecule has 6 heteroatoms. The molecule has 0 spiro atoms. The van der Waals surface area contributed by atoms with Crippen LogP contribution in [0.1, 0.15) is 32.0 Å². The second-order valence-electron chi connectivity index (χ2n) is 6.41. The Kier molecular flexibility index (Phi) is 3.93. The lowest BCUT2D eigenvalue weighted by Crippen LogP contribution is -2.22. The van der Waals surface area contributed by atoms with Crippen molar-refractivity contribution in [3.8, 4) is 0 Å². The summed E-state index contributed by atoms with van der Waals surface area (Å²) < 4.78 is 3.92. The number of nitrogens with one attached hydrogen (secondary N) is 1. The predicted octanol–water partition coefficient (Wildman–Crippen LogP) is 3.23. The van der Waals surface area contributed by atoms with Gasteiger partial charge in [0, 0.05) is 37.2 Å². The Labute approximate surface area is 134 Å². The zero-order valence-electron chi connectivity index (χ0n) is 13.0. The molecule has 0 aromatic carbocycles. The van der Waals surface area contributed by atoms with Crippen molar-refractivity contribution >= 4 is 17.2 Å². The molecule has 3 heterocycles. The third kappa shape index (κ3) is 3.31. The van der Waals surface area contributed by atoms with E-state index in [1.165, 1.54) is 5.56 Å². The molecule has 0 saturated heterocycles. The largest absolute Gasteiger partial charge is 0.307 e. The third-order valence-corrected chi connectivity index (χ3v) is 3.65. The predicted molar refractivity (Wildman–Crippen MR) is 88.0 cm³/mol. The Morgan fingerprint density at radius 2 is 1.95 bits per heavy atom. The van der Waals surface area contributed by atoms with Crippen molar-refractivity contribution in [2.75, 3.05) is 0 Å². The number of halogens is 1. The minimum Gasteiger partial charge on any atom is -0.307 e. The zero-order valence-corrected chi connectivity index (χ0v) is 13.8. The topological polar surface area (TPSA) is 47.2 Å². The van der Waals surface area contributed by atoms with Gasteiger partial charge in [0.15, 0.2) is 0 Å². The van der Waals surface area contributed by atoms with Crippen molar-refractivity contribution in [3.63, 3.8) is 0 Å². The standard InChI is InChI=1S/C16H20ClN5/c1-16(2,3)22-9-12(7-19-22)6-18-8-14-11-21-10-13(17)4-5-15(21)20-14/h4-5,7,9-11,18H,6,8H2,1-3H3. The minimum atomic E-state index is 0.0130. The molecule has 3 rings (SSSR count). The molecule has 3 aromatic rings. The van der Waals surface area contributed by atoms with E-state index in [9.17, 15) is 0 Å². The second-order valence-corrected chi connectivity index (χ2v) is 6.85. The molecule has 0 bridgehead atoms. The first-order valence-corrected chi connectivity index (χ1v) is 7.67. The molecule has 0 aliphatic rings. The van der Waals surface area contributed by atoms with Crippen LogP contribution in [0.4, 0.5) is 0 Å². The first-order valence-electron chi connectivity index (χ1n) is 7.30. The van der Waals surface area contributed by atoms with Gasteiger partial charge in [-0.3, -0.25) is 4.68 Å². The molecule has 116 valence electrons. The van der Waals surface area contributed by atoms with Gasteiger partial charge in [-0.25, -0.2) is 4.98 Å². The molecule has 22 heavy (non-hydrogen) atoms. The van der Waals surface area contributed by atoms with Gasteiger partial charge in [-0.1, -0.05) is 11.6 Å². The average molecular weight is 318 g/mol. The highest BCUT2D eigenvalue weighted by molar-refractivity contribution is 6.30. The molecule has 0 saturated carbocycles. The van der Waals surface area contributed by atoms with Crippen molar-refractivity contribution in [1.82, 2.24) is 24.5 Å². The molecule has 5 nitrogen and oxygen atoms in total. The van der Waals surface area contributed by atoms with Gasteiger partial charge in [0.05, 0.1) is 22.5 Å². The molecule has 0 amide bonds. The zero-order chi connectivity index (χ0) is 15.7. The summed E-state index contributed by atoms with van der Waals surface area (Å²) in [5.41, 5.74) is 3.08. The van der Waals surface area contributed by atoms with Crippen LogP contribution in [-0.2, 0) is 18.6 Å². The summed E-state index contributed by atoms with van der Waals surface area (Å²) in [6, 6.07) is 3.77. The van der Waals surface area contributed by atoms with Crippen LogP contribution in [-0.4, -0.2) is 19.2 Å². The highest BCUT2D eigenvalue weighted by Gasteiger charge is 2.13. The maximum atomic E-state index is 5.98. The van der Waals surface area contributed by atoms with Crippen LogP contribution in [0.5, 0.6) is 0 Å². The molecule has 0 aliphatic carbocycles. The molecule has 0 atom stereocenters. The fraction of sp³-hybridized carbons (Fsp3) is 0.375. The van der Waals surface area contributed by atoms with Crippen LogP contribution in [0.2, 0.25) is 5.02 Å². The van der Waals surface area contributed by atoms with E-state index in [1.807, 2.05) is 39.8 Å². The summed E-state index contributed by atoms with van der Waals surface area (Å²) in [5.74, 6) is 0. The Morgan fingerprint density at radius 1 is 1.14 bits per heavy atom. The molecule has 0 aliphatic heterocycles. The molecule has 3 aromatic heterocycles. The quantitative estimate of drug-likeness (QED) is 0.803. The maximum Gasteiger partial charge on any atom is 0.137 e. The van der Waals surface area contributed by atoms with E-state index in [-0.39, 0.29) is 5.54 Å². The van der Waals surface area contributed by atoms with Crippen LogP contribution >= 0.6 is 11.6 Å². The van der Waals surface area contributed by atoms with Crippen LogP contribution < -0.4 is 5.32 Å². The molecule has 1 N–H and O–H groups in total. The SMILES string of the molecule is CC(C)(C)n1cc(CNCc2cn3cc(Cl)ccc3n2)cn1. The van der Waals surface area contributed by atoms with E-state index in [0.29, 0.717) is 11.6 Å². The molecule has 0 fully saturated rings. The van der Waals surface area contributed by atoms with Crippen LogP contribution in [0.3, 0.4) is 0 Å². The van der Waals surface area contributed by atoms with Crippen LogP contribution in [0.25, 0.3) is 5.65 Å². The van der Waals surface area contributed by atoms with E-state index in [0.717, 1.165) is 17.9 Å². The lowest BCUT2D eigenvalue weighted by molar-refractivity contribution is 0.355. The smallest absolute Gasteiger partial charge is 0.137 e. The van der Waals surface area contributed by atoms with Crippen LogP contribution in [0.15, 0.2) is 36.9 Å².